The Kier molecular flexibility index (Phi) is 4.54. The van der Waals surface area contributed by atoms with Gasteiger partial charge < -0.3 is 9.84 Å². The predicted molar refractivity (Wildman–Crippen MR) is 51.2 cm³/mol. The SMILES string of the molecule is OCCCc1ccc(OCC(F)(F)F)nc1. The lowest BCUT2D eigenvalue weighted by molar-refractivity contribution is -0.154. The molecule has 0 aliphatic carbocycles. The second-order valence-electron chi connectivity index (χ2n) is 3.24. The molecule has 0 saturated heterocycles. The van der Waals surface area contributed by atoms with Crippen LogP contribution in [0.3, 0.4) is 0 Å². The Bertz CT molecular complexity index is 311. The van der Waals surface area contributed by atoms with E-state index in [1.807, 2.05) is 0 Å². The van der Waals surface area contributed by atoms with Crippen molar-refractivity contribution in [2.45, 2.75) is 19.0 Å². The lowest BCUT2D eigenvalue weighted by atomic mass is 10.2. The largest absolute Gasteiger partial charge is 0.468 e. The molecule has 0 bridgehead atoms. The summed E-state index contributed by atoms with van der Waals surface area (Å²) in [6.45, 7) is -1.26. The number of aromatic nitrogens is 1. The Labute approximate surface area is 90.9 Å². The van der Waals surface area contributed by atoms with E-state index in [-0.39, 0.29) is 12.5 Å². The summed E-state index contributed by atoms with van der Waals surface area (Å²) in [7, 11) is 0. The van der Waals surface area contributed by atoms with Crippen molar-refractivity contribution in [3.05, 3.63) is 23.9 Å². The van der Waals surface area contributed by atoms with Gasteiger partial charge in [-0.05, 0) is 18.4 Å². The zero-order chi connectivity index (χ0) is 12.0. The zero-order valence-electron chi connectivity index (χ0n) is 8.50. The van der Waals surface area contributed by atoms with Gasteiger partial charge in [0.15, 0.2) is 6.61 Å². The van der Waals surface area contributed by atoms with Crippen molar-refractivity contribution in [1.29, 1.82) is 0 Å². The minimum absolute atomic E-state index is 0.0509. The molecule has 1 rings (SSSR count). The number of aliphatic hydroxyl groups excluding tert-OH is 1. The van der Waals surface area contributed by atoms with Crippen molar-refractivity contribution in [3.63, 3.8) is 0 Å². The quantitative estimate of drug-likeness (QED) is 0.848. The summed E-state index contributed by atoms with van der Waals surface area (Å²) < 4.78 is 39.9. The molecule has 0 aromatic carbocycles. The Hall–Kier alpha value is -1.30. The van der Waals surface area contributed by atoms with Crippen LogP contribution >= 0.6 is 0 Å². The van der Waals surface area contributed by atoms with Gasteiger partial charge in [0.05, 0.1) is 0 Å². The molecule has 0 atom stereocenters. The average Bonchev–Trinajstić information content (AvgIpc) is 2.24. The van der Waals surface area contributed by atoms with Gasteiger partial charge in [-0.2, -0.15) is 13.2 Å². The summed E-state index contributed by atoms with van der Waals surface area (Å²) in [5.41, 5.74) is 0.855. The molecule has 1 heterocycles. The van der Waals surface area contributed by atoms with Crippen molar-refractivity contribution in [1.82, 2.24) is 4.98 Å². The summed E-state index contributed by atoms with van der Waals surface area (Å²) >= 11 is 0. The molecule has 0 radical (unpaired) electrons. The molecule has 0 saturated carbocycles. The normalized spacial score (nSPS) is 11.5. The van der Waals surface area contributed by atoms with Gasteiger partial charge in [0, 0.05) is 18.9 Å². The van der Waals surface area contributed by atoms with Gasteiger partial charge in [0.1, 0.15) is 0 Å². The number of aliphatic hydroxyl groups is 1. The predicted octanol–water partition coefficient (Wildman–Crippen LogP) is 1.95. The van der Waals surface area contributed by atoms with Crippen LogP contribution in [0.2, 0.25) is 0 Å². The first kappa shape index (κ1) is 12.8. The third kappa shape index (κ3) is 4.97. The molecule has 90 valence electrons. The maximum absolute atomic E-state index is 11.8. The molecule has 0 spiro atoms. The van der Waals surface area contributed by atoms with E-state index in [4.69, 9.17) is 5.11 Å². The second-order valence-corrected chi connectivity index (χ2v) is 3.24. The van der Waals surface area contributed by atoms with Crippen molar-refractivity contribution >= 4 is 0 Å². The van der Waals surface area contributed by atoms with Crippen LogP contribution in [0.15, 0.2) is 18.3 Å². The molecule has 0 fully saturated rings. The molecule has 0 amide bonds. The van der Waals surface area contributed by atoms with Crippen LogP contribution in [0.5, 0.6) is 5.88 Å². The summed E-state index contributed by atoms with van der Waals surface area (Å²) in [4.78, 5) is 3.73. The number of halogens is 3. The Morgan fingerprint density at radius 1 is 1.31 bits per heavy atom. The molecular weight excluding hydrogens is 223 g/mol. The van der Waals surface area contributed by atoms with Crippen LogP contribution in [0.1, 0.15) is 12.0 Å². The van der Waals surface area contributed by atoms with Gasteiger partial charge in [0.25, 0.3) is 0 Å². The molecule has 6 heteroatoms. The maximum atomic E-state index is 11.8. The zero-order valence-corrected chi connectivity index (χ0v) is 8.50. The first-order valence-electron chi connectivity index (χ1n) is 4.76. The molecule has 0 unspecified atom stereocenters. The van der Waals surface area contributed by atoms with E-state index >= 15 is 0 Å². The van der Waals surface area contributed by atoms with E-state index in [1.54, 1.807) is 6.07 Å². The van der Waals surface area contributed by atoms with Gasteiger partial charge in [-0.25, -0.2) is 4.98 Å². The first-order chi connectivity index (χ1) is 7.51. The summed E-state index contributed by atoms with van der Waals surface area (Å²) in [5, 5.41) is 8.59. The molecule has 1 N–H and O–H groups in total. The Balaban J connectivity index is 2.45. The number of nitrogens with zero attached hydrogens (tertiary/aromatic N) is 1. The first-order valence-corrected chi connectivity index (χ1v) is 4.76. The molecule has 16 heavy (non-hydrogen) atoms. The van der Waals surface area contributed by atoms with Crippen molar-refractivity contribution < 1.29 is 23.0 Å². The highest BCUT2D eigenvalue weighted by Gasteiger charge is 2.28. The van der Waals surface area contributed by atoms with Gasteiger partial charge in [-0.3, -0.25) is 0 Å². The lowest BCUT2D eigenvalue weighted by Gasteiger charge is -2.08. The fraction of sp³-hybridized carbons (Fsp3) is 0.500. The van der Waals surface area contributed by atoms with Crippen LogP contribution < -0.4 is 4.74 Å². The highest BCUT2D eigenvalue weighted by atomic mass is 19.4. The standard InChI is InChI=1S/C10H12F3NO2/c11-10(12,13)7-16-9-4-3-8(6-14-9)2-1-5-15/h3-4,6,15H,1-2,5,7H2. The highest BCUT2D eigenvalue weighted by Crippen LogP contribution is 2.17. The summed E-state index contributed by atoms with van der Waals surface area (Å²) in [6, 6.07) is 3.02. The van der Waals surface area contributed by atoms with Gasteiger partial charge in [0.2, 0.25) is 5.88 Å². The van der Waals surface area contributed by atoms with Crippen LogP contribution in [0.25, 0.3) is 0 Å². The number of ether oxygens (including phenoxy) is 1. The third-order valence-electron chi connectivity index (χ3n) is 1.80. The fourth-order valence-corrected chi connectivity index (χ4v) is 1.08. The van der Waals surface area contributed by atoms with Crippen LogP contribution in [-0.2, 0) is 6.42 Å². The van der Waals surface area contributed by atoms with Crippen LogP contribution in [0, 0.1) is 0 Å². The second kappa shape index (κ2) is 5.69. The minimum Gasteiger partial charge on any atom is -0.468 e. The van der Waals surface area contributed by atoms with Crippen LogP contribution in [-0.4, -0.2) is 29.5 Å². The van der Waals surface area contributed by atoms with Gasteiger partial charge in [-0.1, -0.05) is 6.07 Å². The molecule has 3 nitrogen and oxygen atoms in total. The van der Waals surface area contributed by atoms with Gasteiger partial charge >= 0.3 is 6.18 Å². The average molecular weight is 235 g/mol. The molecule has 0 aliphatic rings. The lowest BCUT2D eigenvalue weighted by Crippen LogP contribution is -2.19. The maximum Gasteiger partial charge on any atom is 0.422 e. The van der Waals surface area contributed by atoms with Crippen molar-refractivity contribution in [2.75, 3.05) is 13.2 Å². The monoisotopic (exact) mass is 235 g/mol. The number of hydrogen-bond acceptors (Lipinski definition) is 3. The highest BCUT2D eigenvalue weighted by molar-refractivity contribution is 5.17. The Morgan fingerprint density at radius 2 is 2.06 bits per heavy atom. The minimum atomic E-state index is -4.35. The van der Waals surface area contributed by atoms with E-state index in [0.717, 1.165) is 5.56 Å². The van der Waals surface area contributed by atoms with Gasteiger partial charge in [-0.15, -0.1) is 0 Å². The van der Waals surface area contributed by atoms with Crippen molar-refractivity contribution in [3.8, 4) is 5.88 Å². The third-order valence-corrected chi connectivity index (χ3v) is 1.80. The van der Waals surface area contributed by atoms with E-state index < -0.39 is 12.8 Å². The van der Waals surface area contributed by atoms with Crippen LogP contribution in [0.4, 0.5) is 13.2 Å². The van der Waals surface area contributed by atoms with E-state index in [2.05, 4.69) is 9.72 Å². The topological polar surface area (TPSA) is 42.4 Å². The number of hydrogen-bond donors (Lipinski definition) is 1. The number of alkyl halides is 3. The summed E-state index contributed by atoms with van der Waals surface area (Å²) in [6.07, 6.45) is -1.66. The Morgan fingerprint density at radius 3 is 2.56 bits per heavy atom. The smallest absolute Gasteiger partial charge is 0.422 e. The number of rotatable bonds is 5. The summed E-state index contributed by atoms with van der Waals surface area (Å²) in [5.74, 6) is -0.0509. The van der Waals surface area contributed by atoms with E-state index in [1.165, 1.54) is 12.3 Å². The molecular formula is C10H12F3NO2. The van der Waals surface area contributed by atoms with Crippen molar-refractivity contribution in [2.24, 2.45) is 0 Å². The van der Waals surface area contributed by atoms with E-state index in [0.29, 0.717) is 12.8 Å². The fourth-order valence-electron chi connectivity index (χ4n) is 1.08. The van der Waals surface area contributed by atoms with E-state index in [9.17, 15) is 13.2 Å². The number of pyridine rings is 1. The molecule has 0 aliphatic heterocycles. The molecule has 1 aromatic heterocycles. The number of aryl methyl sites for hydroxylation is 1. The molecule has 1 aromatic rings.